The van der Waals surface area contributed by atoms with Crippen LogP contribution in [0.25, 0.3) is 11.0 Å². The van der Waals surface area contributed by atoms with Crippen LogP contribution < -0.4 is 10.6 Å². The Morgan fingerprint density at radius 2 is 1.85 bits per heavy atom. The Labute approximate surface area is 172 Å². The number of furan rings is 1. The molecule has 6 nitrogen and oxygen atoms in total. The Bertz CT molecular complexity index is 613. The van der Waals surface area contributed by atoms with E-state index < -0.39 is 0 Å². The lowest BCUT2D eigenvalue weighted by molar-refractivity contribution is 0.0487. The highest BCUT2D eigenvalue weighted by Gasteiger charge is 2.04. The van der Waals surface area contributed by atoms with Gasteiger partial charge < -0.3 is 24.5 Å². The van der Waals surface area contributed by atoms with E-state index in [0.29, 0.717) is 32.9 Å². The van der Waals surface area contributed by atoms with Gasteiger partial charge in [-0.15, -0.1) is 24.0 Å². The topological polar surface area (TPSA) is 68.0 Å². The summed E-state index contributed by atoms with van der Waals surface area (Å²) in [7, 11) is 1.75. The second-order valence-electron chi connectivity index (χ2n) is 5.68. The number of ether oxygens (including phenoxy) is 2. The van der Waals surface area contributed by atoms with Crippen molar-refractivity contribution in [3.05, 3.63) is 36.1 Å². The van der Waals surface area contributed by atoms with Gasteiger partial charge in [-0.25, -0.2) is 0 Å². The first-order chi connectivity index (χ1) is 12.3. The molecule has 146 valence electrons. The molecule has 1 aromatic heterocycles. The van der Waals surface area contributed by atoms with Crippen molar-refractivity contribution in [3.63, 3.8) is 0 Å². The third-order valence-corrected chi connectivity index (χ3v) is 3.68. The normalized spacial score (nSPS) is 11.4. The average Bonchev–Trinajstić information content (AvgIpc) is 3.05. The van der Waals surface area contributed by atoms with E-state index in [1.165, 1.54) is 0 Å². The summed E-state index contributed by atoms with van der Waals surface area (Å²) in [6.45, 7) is 6.13. The zero-order chi connectivity index (χ0) is 17.7. The molecule has 0 bridgehead atoms. The molecule has 0 unspecified atom stereocenters. The zero-order valence-electron chi connectivity index (χ0n) is 15.6. The number of nitrogens with zero attached hydrogens (tertiary/aromatic N) is 1. The second kappa shape index (κ2) is 13.8. The van der Waals surface area contributed by atoms with Gasteiger partial charge in [0.05, 0.1) is 26.4 Å². The number of unbranched alkanes of at least 4 members (excludes halogenated alkanes) is 1. The molecular formula is C19H30IN3O3. The van der Waals surface area contributed by atoms with Gasteiger partial charge in [0.1, 0.15) is 11.3 Å². The highest BCUT2D eigenvalue weighted by Crippen LogP contribution is 2.18. The number of guanidine groups is 1. The van der Waals surface area contributed by atoms with Crippen LogP contribution in [0.3, 0.4) is 0 Å². The lowest BCUT2D eigenvalue weighted by Crippen LogP contribution is -2.38. The van der Waals surface area contributed by atoms with E-state index in [4.69, 9.17) is 13.9 Å². The van der Waals surface area contributed by atoms with E-state index >= 15 is 0 Å². The SMILES string of the molecule is CCCCOCCOCCNC(=NC)NCc1cc2ccccc2o1.I. The molecule has 0 fully saturated rings. The molecule has 7 heteroatoms. The molecule has 0 aliphatic heterocycles. The third kappa shape index (κ3) is 8.37. The molecule has 0 spiro atoms. The maximum Gasteiger partial charge on any atom is 0.191 e. The van der Waals surface area contributed by atoms with E-state index in [2.05, 4.69) is 22.5 Å². The van der Waals surface area contributed by atoms with Gasteiger partial charge in [-0.1, -0.05) is 31.5 Å². The summed E-state index contributed by atoms with van der Waals surface area (Å²) in [5.74, 6) is 1.60. The zero-order valence-corrected chi connectivity index (χ0v) is 18.0. The van der Waals surface area contributed by atoms with Crippen molar-refractivity contribution in [2.45, 2.75) is 26.3 Å². The first kappa shape index (κ1) is 22.7. The third-order valence-electron chi connectivity index (χ3n) is 3.68. The number of nitrogens with one attached hydrogen (secondary N) is 2. The number of hydrogen-bond acceptors (Lipinski definition) is 4. The van der Waals surface area contributed by atoms with Gasteiger partial charge in [-0.2, -0.15) is 0 Å². The Balaban J connectivity index is 0.00000338. The van der Waals surface area contributed by atoms with Crippen molar-refractivity contribution in [2.24, 2.45) is 4.99 Å². The summed E-state index contributed by atoms with van der Waals surface area (Å²) >= 11 is 0. The fourth-order valence-electron chi connectivity index (χ4n) is 2.33. The Kier molecular flexibility index (Phi) is 12.1. The molecule has 2 N–H and O–H groups in total. The van der Waals surface area contributed by atoms with Crippen LogP contribution in [0.5, 0.6) is 0 Å². The molecule has 1 aromatic carbocycles. The van der Waals surface area contributed by atoms with Gasteiger partial charge in [0, 0.05) is 25.6 Å². The summed E-state index contributed by atoms with van der Waals surface area (Å²) in [6, 6.07) is 10.0. The molecule has 1 heterocycles. The second-order valence-corrected chi connectivity index (χ2v) is 5.68. The summed E-state index contributed by atoms with van der Waals surface area (Å²) in [5.41, 5.74) is 0.900. The average molecular weight is 475 g/mol. The largest absolute Gasteiger partial charge is 0.459 e. The predicted octanol–water partition coefficient (Wildman–Crippen LogP) is 3.55. The van der Waals surface area contributed by atoms with Crippen molar-refractivity contribution in [3.8, 4) is 0 Å². The highest BCUT2D eigenvalue weighted by molar-refractivity contribution is 14.0. The molecule has 0 aliphatic carbocycles. The maximum atomic E-state index is 5.78. The lowest BCUT2D eigenvalue weighted by atomic mass is 10.2. The minimum Gasteiger partial charge on any atom is -0.459 e. The van der Waals surface area contributed by atoms with E-state index in [9.17, 15) is 0 Å². The van der Waals surface area contributed by atoms with E-state index in [1.807, 2.05) is 30.3 Å². The fraction of sp³-hybridized carbons (Fsp3) is 0.526. The lowest BCUT2D eigenvalue weighted by Gasteiger charge is -2.11. The molecule has 0 aliphatic rings. The number of rotatable bonds is 11. The Morgan fingerprint density at radius 1 is 1.08 bits per heavy atom. The van der Waals surface area contributed by atoms with Crippen molar-refractivity contribution < 1.29 is 13.9 Å². The summed E-state index contributed by atoms with van der Waals surface area (Å²) in [4.78, 5) is 4.20. The van der Waals surface area contributed by atoms with E-state index in [0.717, 1.165) is 42.1 Å². The first-order valence-electron chi connectivity index (χ1n) is 8.91. The summed E-state index contributed by atoms with van der Waals surface area (Å²) < 4.78 is 16.7. The molecule has 2 aromatic rings. The fourth-order valence-corrected chi connectivity index (χ4v) is 2.33. The monoisotopic (exact) mass is 475 g/mol. The van der Waals surface area contributed by atoms with Gasteiger partial charge in [0.15, 0.2) is 5.96 Å². The van der Waals surface area contributed by atoms with Crippen LogP contribution >= 0.6 is 24.0 Å². The van der Waals surface area contributed by atoms with Crippen LogP contribution in [0.2, 0.25) is 0 Å². The number of benzene rings is 1. The Hall–Kier alpha value is -1.32. The van der Waals surface area contributed by atoms with E-state index in [-0.39, 0.29) is 24.0 Å². The van der Waals surface area contributed by atoms with Crippen LogP contribution in [-0.4, -0.2) is 46.0 Å². The van der Waals surface area contributed by atoms with Crippen LogP contribution in [0.15, 0.2) is 39.7 Å². The molecule has 0 saturated heterocycles. The van der Waals surface area contributed by atoms with Gasteiger partial charge in [0.25, 0.3) is 0 Å². The summed E-state index contributed by atoms with van der Waals surface area (Å²) in [5, 5.41) is 7.56. The van der Waals surface area contributed by atoms with Gasteiger partial charge in [-0.3, -0.25) is 4.99 Å². The van der Waals surface area contributed by atoms with Crippen LogP contribution in [0, 0.1) is 0 Å². The number of para-hydroxylation sites is 1. The molecule has 0 atom stereocenters. The molecular weight excluding hydrogens is 445 g/mol. The molecule has 0 saturated carbocycles. The minimum absolute atomic E-state index is 0. The van der Waals surface area contributed by atoms with Crippen molar-refractivity contribution >= 4 is 40.9 Å². The summed E-state index contributed by atoms with van der Waals surface area (Å²) in [6.07, 6.45) is 2.26. The van der Waals surface area contributed by atoms with Crippen LogP contribution in [0.4, 0.5) is 0 Å². The van der Waals surface area contributed by atoms with Crippen LogP contribution in [0.1, 0.15) is 25.5 Å². The molecule has 26 heavy (non-hydrogen) atoms. The molecule has 2 rings (SSSR count). The number of aliphatic imine (C=N–C) groups is 1. The minimum atomic E-state index is 0. The quantitative estimate of drug-likeness (QED) is 0.225. The Morgan fingerprint density at radius 3 is 2.58 bits per heavy atom. The van der Waals surface area contributed by atoms with Crippen molar-refractivity contribution in [1.29, 1.82) is 0 Å². The van der Waals surface area contributed by atoms with Gasteiger partial charge in [-0.05, 0) is 18.6 Å². The van der Waals surface area contributed by atoms with Crippen molar-refractivity contribution in [1.82, 2.24) is 10.6 Å². The van der Waals surface area contributed by atoms with Crippen LogP contribution in [-0.2, 0) is 16.0 Å². The number of hydrogen-bond donors (Lipinski definition) is 2. The smallest absolute Gasteiger partial charge is 0.191 e. The molecule has 0 amide bonds. The van der Waals surface area contributed by atoms with Crippen molar-refractivity contribution in [2.75, 3.05) is 40.0 Å². The van der Waals surface area contributed by atoms with Gasteiger partial charge >= 0.3 is 0 Å². The standard InChI is InChI=1S/C19H29N3O3.HI/c1-3-4-10-23-12-13-24-11-9-21-19(20-2)22-15-17-14-16-7-5-6-8-18(16)25-17;/h5-8,14H,3-4,9-13,15H2,1-2H3,(H2,20,21,22);1H. The van der Waals surface area contributed by atoms with Gasteiger partial charge in [0.2, 0.25) is 0 Å². The van der Waals surface area contributed by atoms with E-state index in [1.54, 1.807) is 7.05 Å². The number of halogens is 1. The first-order valence-corrected chi connectivity index (χ1v) is 8.91. The highest BCUT2D eigenvalue weighted by atomic mass is 127. The maximum absolute atomic E-state index is 5.78. The number of fused-ring (bicyclic) bond motifs is 1. The molecule has 0 radical (unpaired) electrons. The predicted molar refractivity (Wildman–Crippen MR) is 116 cm³/mol.